The van der Waals surface area contributed by atoms with Crippen LogP contribution in [-0.2, 0) is 16.6 Å². The number of rotatable bonds is 5. The topological polar surface area (TPSA) is 75.5 Å². The summed E-state index contributed by atoms with van der Waals surface area (Å²) >= 11 is 0. The highest BCUT2D eigenvalue weighted by molar-refractivity contribution is 7.89. The molecule has 3 aromatic rings. The number of benzene rings is 2. The summed E-state index contributed by atoms with van der Waals surface area (Å²) in [6.07, 6.45) is 0. The molecule has 4 rings (SSSR count). The molecule has 1 aliphatic rings. The van der Waals surface area contributed by atoms with Crippen LogP contribution in [0.4, 0.5) is 5.95 Å². The fourth-order valence-corrected chi connectivity index (χ4v) is 5.32. The molecule has 0 atom stereocenters. The van der Waals surface area contributed by atoms with E-state index >= 15 is 0 Å². The molecule has 0 fully saturated rings. The summed E-state index contributed by atoms with van der Waals surface area (Å²) in [5.74, 6) is 0.376. The number of hydrogen-bond donors (Lipinski definition) is 0. The number of hydrogen-bond acceptors (Lipinski definition) is 4. The van der Waals surface area contributed by atoms with Gasteiger partial charge in [0.25, 0.3) is 5.91 Å². The number of carbonyl (C=O) groups excluding carboxylic acids is 1. The van der Waals surface area contributed by atoms with Gasteiger partial charge in [0.1, 0.15) is 0 Å². The summed E-state index contributed by atoms with van der Waals surface area (Å²) in [6, 6.07) is 12.5. The van der Waals surface area contributed by atoms with Gasteiger partial charge < -0.3 is 4.57 Å². The number of aryl methyl sites for hydroxylation is 1. The first-order valence-electron chi connectivity index (χ1n) is 9.76. The molecule has 0 N–H and O–H groups in total. The third-order valence-electron chi connectivity index (χ3n) is 5.45. The van der Waals surface area contributed by atoms with E-state index in [1.807, 2.05) is 35.8 Å². The van der Waals surface area contributed by atoms with Gasteiger partial charge in [-0.05, 0) is 36.8 Å². The molecular weight excluding hydrogens is 388 g/mol. The second-order valence-electron chi connectivity index (χ2n) is 7.08. The fourth-order valence-electron chi connectivity index (χ4n) is 3.83. The van der Waals surface area contributed by atoms with E-state index in [9.17, 15) is 13.2 Å². The summed E-state index contributed by atoms with van der Waals surface area (Å²) in [5.41, 5.74) is 2.96. The fraction of sp³-hybridized carbons (Fsp3) is 0.333. The molecule has 0 bridgehead atoms. The van der Waals surface area contributed by atoms with Crippen LogP contribution in [-0.4, -0.2) is 47.8 Å². The lowest BCUT2D eigenvalue weighted by atomic mass is 10.1. The van der Waals surface area contributed by atoms with Gasteiger partial charge in [0.2, 0.25) is 16.0 Å². The third-order valence-corrected chi connectivity index (χ3v) is 7.50. The zero-order valence-electron chi connectivity index (χ0n) is 16.8. The van der Waals surface area contributed by atoms with Crippen molar-refractivity contribution < 1.29 is 13.2 Å². The summed E-state index contributed by atoms with van der Waals surface area (Å²) < 4.78 is 29.2. The first kappa shape index (κ1) is 19.6. The summed E-state index contributed by atoms with van der Waals surface area (Å²) in [7, 11) is -3.64. The number of nitrogens with zero attached hydrogens (tertiary/aromatic N) is 4. The van der Waals surface area contributed by atoms with E-state index in [1.54, 1.807) is 30.9 Å². The SMILES string of the molecule is CCN(CC)S(=O)(=O)c1ccc(C)c(C(=O)N2CCn3c2nc2ccccc23)c1. The molecule has 0 spiro atoms. The van der Waals surface area contributed by atoms with E-state index in [0.29, 0.717) is 37.7 Å². The first-order chi connectivity index (χ1) is 13.9. The second kappa shape index (κ2) is 7.27. The second-order valence-corrected chi connectivity index (χ2v) is 9.01. The number of imidazole rings is 1. The maximum atomic E-state index is 13.4. The van der Waals surface area contributed by atoms with Gasteiger partial charge in [-0.25, -0.2) is 13.4 Å². The van der Waals surface area contributed by atoms with Crippen molar-refractivity contribution in [3.63, 3.8) is 0 Å². The molecule has 2 aromatic carbocycles. The Kier molecular flexibility index (Phi) is 4.92. The van der Waals surface area contributed by atoms with E-state index in [1.165, 1.54) is 10.4 Å². The van der Waals surface area contributed by atoms with Crippen LogP contribution in [0.15, 0.2) is 47.4 Å². The largest absolute Gasteiger partial charge is 0.308 e. The highest BCUT2D eigenvalue weighted by Crippen LogP contribution is 2.29. The average Bonchev–Trinajstić information content (AvgIpc) is 3.27. The van der Waals surface area contributed by atoms with Gasteiger partial charge in [-0.15, -0.1) is 0 Å². The molecule has 0 aliphatic carbocycles. The minimum absolute atomic E-state index is 0.142. The molecule has 2 heterocycles. The predicted molar refractivity (Wildman–Crippen MR) is 113 cm³/mol. The van der Waals surface area contributed by atoms with Gasteiger partial charge in [-0.3, -0.25) is 9.69 Å². The number of anilines is 1. The van der Waals surface area contributed by atoms with Gasteiger partial charge >= 0.3 is 0 Å². The Bertz CT molecular complexity index is 1200. The Morgan fingerprint density at radius 3 is 2.55 bits per heavy atom. The Morgan fingerprint density at radius 1 is 1.10 bits per heavy atom. The lowest BCUT2D eigenvalue weighted by Crippen LogP contribution is -2.32. The van der Waals surface area contributed by atoms with Crippen molar-refractivity contribution in [1.29, 1.82) is 0 Å². The lowest BCUT2D eigenvalue weighted by molar-refractivity contribution is 0.0988. The molecule has 8 heteroatoms. The van der Waals surface area contributed by atoms with Crippen LogP contribution in [0.5, 0.6) is 0 Å². The highest BCUT2D eigenvalue weighted by Gasteiger charge is 2.31. The third kappa shape index (κ3) is 3.12. The Hall–Kier alpha value is -2.71. The van der Waals surface area contributed by atoms with Crippen molar-refractivity contribution in [3.8, 4) is 0 Å². The van der Waals surface area contributed by atoms with Crippen LogP contribution < -0.4 is 4.90 Å². The van der Waals surface area contributed by atoms with Crippen LogP contribution in [0.25, 0.3) is 11.0 Å². The number of sulfonamides is 1. The average molecular weight is 413 g/mol. The molecule has 1 amide bonds. The van der Waals surface area contributed by atoms with Gasteiger partial charge in [0.05, 0.1) is 15.9 Å². The van der Waals surface area contributed by atoms with E-state index in [0.717, 1.165) is 16.6 Å². The van der Waals surface area contributed by atoms with Gasteiger partial charge in [-0.2, -0.15) is 4.31 Å². The van der Waals surface area contributed by atoms with Gasteiger partial charge in [0, 0.05) is 31.7 Å². The van der Waals surface area contributed by atoms with E-state index < -0.39 is 10.0 Å². The van der Waals surface area contributed by atoms with E-state index in [-0.39, 0.29) is 10.8 Å². The van der Waals surface area contributed by atoms with Crippen LogP contribution in [0.2, 0.25) is 0 Å². The summed E-state index contributed by atoms with van der Waals surface area (Å²) in [5, 5.41) is 0. The molecule has 1 aliphatic heterocycles. The van der Waals surface area contributed by atoms with E-state index in [2.05, 4.69) is 4.98 Å². The quantitative estimate of drug-likeness (QED) is 0.646. The maximum absolute atomic E-state index is 13.4. The molecule has 7 nitrogen and oxygen atoms in total. The minimum atomic E-state index is -3.64. The molecule has 0 saturated heterocycles. The van der Waals surface area contributed by atoms with E-state index in [4.69, 9.17) is 0 Å². The van der Waals surface area contributed by atoms with Crippen LogP contribution in [0.3, 0.4) is 0 Å². The van der Waals surface area contributed by atoms with Crippen molar-refractivity contribution in [2.75, 3.05) is 24.5 Å². The Labute approximate surface area is 170 Å². The molecule has 1 aromatic heterocycles. The van der Waals surface area contributed by atoms with Crippen LogP contribution >= 0.6 is 0 Å². The van der Waals surface area contributed by atoms with Crippen molar-refractivity contribution in [3.05, 3.63) is 53.6 Å². The number of aromatic nitrogens is 2. The van der Waals surface area contributed by atoms with Crippen molar-refractivity contribution in [2.45, 2.75) is 32.2 Å². The van der Waals surface area contributed by atoms with Crippen LogP contribution in [0, 0.1) is 6.92 Å². The summed E-state index contributed by atoms with van der Waals surface area (Å²) in [6.45, 7) is 7.36. The highest BCUT2D eigenvalue weighted by atomic mass is 32.2. The first-order valence-corrected chi connectivity index (χ1v) is 11.2. The smallest absolute Gasteiger partial charge is 0.260 e. The molecule has 0 radical (unpaired) electrons. The summed E-state index contributed by atoms with van der Waals surface area (Å²) in [4.78, 5) is 19.8. The molecule has 29 heavy (non-hydrogen) atoms. The number of fused-ring (bicyclic) bond motifs is 3. The molecule has 152 valence electrons. The predicted octanol–water partition coefficient (Wildman–Crippen LogP) is 3.04. The standard InChI is InChI=1S/C21H24N4O3S/c1-4-23(5-2)29(27,28)16-11-10-15(3)17(14-16)20(26)25-13-12-24-19-9-7-6-8-18(19)22-21(24)25/h6-11,14H,4-5,12-13H2,1-3H3. The monoisotopic (exact) mass is 412 g/mol. The van der Waals surface area contributed by atoms with Gasteiger partial charge in [0.15, 0.2) is 0 Å². The normalized spacial score (nSPS) is 14.0. The lowest BCUT2D eigenvalue weighted by Gasteiger charge is -2.20. The van der Waals surface area contributed by atoms with Crippen LogP contribution in [0.1, 0.15) is 29.8 Å². The molecular formula is C21H24N4O3S. The Balaban J connectivity index is 1.74. The maximum Gasteiger partial charge on any atom is 0.260 e. The number of carbonyl (C=O) groups is 1. The zero-order valence-corrected chi connectivity index (χ0v) is 17.6. The Morgan fingerprint density at radius 2 is 1.83 bits per heavy atom. The van der Waals surface area contributed by atoms with Gasteiger partial charge in [-0.1, -0.05) is 32.0 Å². The zero-order chi connectivity index (χ0) is 20.8. The number of amides is 1. The molecule has 0 saturated carbocycles. The molecule has 0 unspecified atom stereocenters. The number of para-hydroxylation sites is 2. The van der Waals surface area contributed by atoms with Crippen molar-refractivity contribution >= 4 is 32.9 Å². The minimum Gasteiger partial charge on any atom is -0.308 e. The van der Waals surface area contributed by atoms with Crippen molar-refractivity contribution in [2.24, 2.45) is 0 Å². The van der Waals surface area contributed by atoms with Crippen molar-refractivity contribution in [1.82, 2.24) is 13.9 Å².